The number of hydrogen-bond donors (Lipinski definition) is 1. The van der Waals surface area contributed by atoms with E-state index in [1.54, 1.807) is 36.8 Å². The SMILES string of the molecule is [CH2]COc1ncc(-c2ncc[nH]2)c(-c2ccc(Cl)cc2Cl)n1. The summed E-state index contributed by atoms with van der Waals surface area (Å²) < 4.78 is 5.27. The van der Waals surface area contributed by atoms with Gasteiger partial charge in [-0.25, -0.2) is 9.97 Å². The minimum absolute atomic E-state index is 0.228. The molecule has 0 aliphatic rings. The fourth-order valence-electron chi connectivity index (χ4n) is 2.00. The molecule has 7 heteroatoms. The van der Waals surface area contributed by atoms with Crippen molar-refractivity contribution in [3.8, 4) is 28.7 Å². The van der Waals surface area contributed by atoms with Crippen molar-refractivity contribution in [3.05, 3.63) is 53.8 Å². The molecule has 1 aromatic carbocycles. The Labute approximate surface area is 137 Å². The number of rotatable bonds is 4. The molecule has 22 heavy (non-hydrogen) atoms. The summed E-state index contributed by atoms with van der Waals surface area (Å²) in [5.74, 6) is 0.641. The van der Waals surface area contributed by atoms with E-state index in [9.17, 15) is 0 Å². The van der Waals surface area contributed by atoms with Crippen LogP contribution in [0, 0.1) is 6.92 Å². The maximum absolute atomic E-state index is 6.30. The second kappa shape index (κ2) is 6.34. The van der Waals surface area contributed by atoms with Gasteiger partial charge in [-0.05, 0) is 25.1 Å². The first-order valence-electron chi connectivity index (χ1n) is 6.43. The molecule has 0 amide bonds. The van der Waals surface area contributed by atoms with Gasteiger partial charge >= 0.3 is 6.01 Å². The third-order valence-electron chi connectivity index (χ3n) is 2.94. The first-order chi connectivity index (χ1) is 10.7. The van der Waals surface area contributed by atoms with Crippen LogP contribution >= 0.6 is 23.2 Å². The Morgan fingerprint density at radius 2 is 2.05 bits per heavy atom. The Hall–Kier alpha value is -2.11. The number of nitrogens with one attached hydrogen (secondary N) is 1. The smallest absolute Gasteiger partial charge is 0.316 e. The second-order valence-corrected chi connectivity index (χ2v) is 5.17. The standard InChI is InChI=1S/C15H11Cl2N4O/c1-2-22-15-20-8-11(14-18-5-6-19-14)13(21-15)10-4-3-9(16)7-12(10)17/h3-8H,1-2H2,(H,18,19). The van der Waals surface area contributed by atoms with Crippen LogP contribution in [0.15, 0.2) is 36.8 Å². The van der Waals surface area contributed by atoms with Crippen molar-refractivity contribution in [1.82, 2.24) is 19.9 Å². The average Bonchev–Trinajstić information content (AvgIpc) is 3.02. The van der Waals surface area contributed by atoms with E-state index < -0.39 is 0 Å². The molecule has 0 saturated carbocycles. The summed E-state index contributed by atoms with van der Waals surface area (Å²) >= 11 is 12.3. The van der Waals surface area contributed by atoms with Gasteiger partial charge in [-0.3, -0.25) is 0 Å². The number of nitrogens with zero attached hydrogens (tertiary/aromatic N) is 3. The predicted octanol–water partition coefficient (Wildman–Crippen LogP) is 4.05. The van der Waals surface area contributed by atoms with Gasteiger partial charge in [-0.2, -0.15) is 4.98 Å². The molecular formula is C15H11Cl2N4O. The topological polar surface area (TPSA) is 63.7 Å². The summed E-state index contributed by atoms with van der Waals surface area (Å²) in [6.07, 6.45) is 5.02. The van der Waals surface area contributed by atoms with Crippen LogP contribution in [0.1, 0.15) is 0 Å². The third-order valence-corrected chi connectivity index (χ3v) is 3.49. The summed E-state index contributed by atoms with van der Waals surface area (Å²) in [5.41, 5.74) is 2.04. The maximum atomic E-state index is 6.30. The zero-order chi connectivity index (χ0) is 15.5. The molecule has 0 saturated heterocycles. The van der Waals surface area contributed by atoms with Crippen molar-refractivity contribution in [1.29, 1.82) is 0 Å². The van der Waals surface area contributed by atoms with Gasteiger partial charge in [-0.1, -0.05) is 23.2 Å². The molecule has 0 aliphatic carbocycles. The number of aromatic amines is 1. The van der Waals surface area contributed by atoms with Crippen molar-refractivity contribution >= 4 is 23.2 Å². The average molecular weight is 334 g/mol. The Bertz CT molecular complexity index is 790. The molecule has 0 spiro atoms. The number of hydrogen-bond acceptors (Lipinski definition) is 4. The lowest BCUT2D eigenvalue weighted by atomic mass is 10.1. The van der Waals surface area contributed by atoms with Gasteiger partial charge in [0.25, 0.3) is 0 Å². The Morgan fingerprint density at radius 3 is 2.73 bits per heavy atom. The molecular weight excluding hydrogens is 323 g/mol. The summed E-state index contributed by atoms with van der Waals surface area (Å²) in [5, 5.41) is 1.04. The Morgan fingerprint density at radius 1 is 1.18 bits per heavy atom. The van der Waals surface area contributed by atoms with Crippen molar-refractivity contribution in [2.45, 2.75) is 0 Å². The molecule has 5 nitrogen and oxygen atoms in total. The van der Waals surface area contributed by atoms with Gasteiger partial charge in [0.15, 0.2) is 0 Å². The van der Waals surface area contributed by atoms with E-state index in [2.05, 4.69) is 26.9 Å². The lowest BCUT2D eigenvalue weighted by Crippen LogP contribution is -2.01. The van der Waals surface area contributed by atoms with Crippen LogP contribution in [-0.2, 0) is 0 Å². The zero-order valence-corrected chi connectivity index (χ0v) is 12.9. The zero-order valence-electron chi connectivity index (χ0n) is 11.4. The number of H-pyrrole nitrogens is 1. The quantitative estimate of drug-likeness (QED) is 0.782. The van der Waals surface area contributed by atoms with Crippen LogP contribution in [0.5, 0.6) is 6.01 Å². The van der Waals surface area contributed by atoms with Gasteiger partial charge < -0.3 is 9.72 Å². The number of benzene rings is 1. The van der Waals surface area contributed by atoms with Crippen LogP contribution in [0.4, 0.5) is 0 Å². The molecule has 3 aromatic rings. The fraction of sp³-hybridized carbons (Fsp3) is 0.0667. The number of ether oxygens (including phenoxy) is 1. The molecule has 0 fully saturated rings. The van der Waals surface area contributed by atoms with E-state index in [0.29, 0.717) is 32.7 Å². The number of halogens is 2. The molecule has 0 atom stereocenters. The van der Waals surface area contributed by atoms with E-state index >= 15 is 0 Å². The highest BCUT2D eigenvalue weighted by molar-refractivity contribution is 6.36. The molecule has 2 aromatic heterocycles. The molecule has 111 valence electrons. The Balaban J connectivity index is 2.20. The van der Waals surface area contributed by atoms with Crippen LogP contribution in [0.3, 0.4) is 0 Å². The highest BCUT2D eigenvalue weighted by Gasteiger charge is 2.16. The molecule has 1 N–H and O–H groups in total. The normalized spacial score (nSPS) is 10.7. The van der Waals surface area contributed by atoms with Gasteiger partial charge in [-0.15, -0.1) is 0 Å². The number of aromatic nitrogens is 4. The van der Waals surface area contributed by atoms with Gasteiger partial charge in [0, 0.05) is 29.2 Å². The molecule has 1 radical (unpaired) electrons. The van der Waals surface area contributed by atoms with Crippen molar-refractivity contribution < 1.29 is 4.74 Å². The first kappa shape index (κ1) is 14.8. The summed E-state index contributed by atoms with van der Waals surface area (Å²) in [6, 6.07) is 5.44. The van der Waals surface area contributed by atoms with Crippen molar-refractivity contribution in [3.63, 3.8) is 0 Å². The van der Waals surface area contributed by atoms with Crippen LogP contribution in [0.25, 0.3) is 22.6 Å². The van der Waals surface area contributed by atoms with Crippen molar-refractivity contribution in [2.24, 2.45) is 0 Å². The number of imidazole rings is 1. The van der Waals surface area contributed by atoms with Crippen LogP contribution < -0.4 is 4.74 Å². The molecule has 3 rings (SSSR count). The predicted molar refractivity (Wildman–Crippen MR) is 85.9 cm³/mol. The molecule has 2 heterocycles. The maximum Gasteiger partial charge on any atom is 0.316 e. The third kappa shape index (κ3) is 2.91. The monoisotopic (exact) mass is 333 g/mol. The minimum Gasteiger partial charge on any atom is -0.463 e. The second-order valence-electron chi connectivity index (χ2n) is 4.33. The van der Waals surface area contributed by atoms with Gasteiger partial charge in [0.1, 0.15) is 5.82 Å². The van der Waals surface area contributed by atoms with Crippen LogP contribution in [0.2, 0.25) is 10.0 Å². The minimum atomic E-state index is 0.228. The van der Waals surface area contributed by atoms with Crippen molar-refractivity contribution in [2.75, 3.05) is 6.61 Å². The van der Waals surface area contributed by atoms with E-state index in [4.69, 9.17) is 27.9 Å². The van der Waals surface area contributed by atoms with E-state index in [1.165, 1.54) is 0 Å². The van der Waals surface area contributed by atoms with E-state index in [-0.39, 0.29) is 12.6 Å². The fourth-order valence-corrected chi connectivity index (χ4v) is 2.50. The van der Waals surface area contributed by atoms with Gasteiger partial charge in [0.05, 0.1) is 22.9 Å². The lowest BCUT2D eigenvalue weighted by Gasteiger charge is -2.10. The lowest BCUT2D eigenvalue weighted by molar-refractivity contribution is 0.332. The summed E-state index contributed by atoms with van der Waals surface area (Å²) in [4.78, 5) is 15.8. The van der Waals surface area contributed by atoms with Crippen LogP contribution in [-0.4, -0.2) is 26.5 Å². The molecule has 0 unspecified atom stereocenters. The first-order valence-corrected chi connectivity index (χ1v) is 7.19. The highest BCUT2D eigenvalue weighted by Crippen LogP contribution is 2.35. The highest BCUT2D eigenvalue weighted by atomic mass is 35.5. The molecule has 0 bridgehead atoms. The van der Waals surface area contributed by atoms with Gasteiger partial charge in [0.2, 0.25) is 0 Å². The van der Waals surface area contributed by atoms with E-state index in [1.807, 2.05) is 0 Å². The summed E-state index contributed by atoms with van der Waals surface area (Å²) in [6.45, 7) is 3.85. The largest absolute Gasteiger partial charge is 0.463 e. The Kier molecular flexibility index (Phi) is 4.27. The summed E-state index contributed by atoms with van der Waals surface area (Å²) in [7, 11) is 0. The van der Waals surface area contributed by atoms with E-state index in [0.717, 1.165) is 0 Å². The molecule has 0 aliphatic heterocycles.